The van der Waals surface area contributed by atoms with Crippen molar-refractivity contribution in [3.05, 3.63) is 20.0 Å². The molecule has 0 saturated heterocycles. The molecule has 0 radical (unpaired) electrons. The molecule has 0 bridgehead atoms. The molecule has 0 saturated carbocycles. The maximum atomic E-state index is 2.36. The molecule has 0 atom stereocenters. The first-order chi connectivity index (χ1) is 4.89. The van der Waals surface area contributed by atoms with Crippen molar-refractivity contribution >= 4 is 36.8 Å². The van der Waals surface area contributed by atoms with Crippen molar-refractivity contribution in [1.82, 2.24) is 0 Å². The first kappa shape index (κ1) is 12.6. The largest absolute Gasteiger partial charge is 0.147 e. The first-order valence-electron chi connectivity index (χ1n) is 4.25. The van der Waals surface area contributed by atoms with Gasteiger partial charge in [-0.15, -0.1) is 12.4 Å². The van der Waals surface area contributed by atoms with Gasteiger partial charge in [0, 0.05) is 0 Å². The van der Waals surface area contributed by atoms with Gasteiger partial charge in [0.2, 0.25) is 0 Å². The Hall–Kier alpha value is 0.640. The topological polar surface area (TPSA) is 0 Å². The SMILES string of the molecule is CC1=C(C)C(C)(C)[C]([InH2])=C1C.Cl. The van der Waals surface area contributed by atoms with E-state index in [1.54, 1.807) is 20.0 Å². The third-order valence-corrected chi connectivity index (χ3v) is 9.27. The summed E-state index contributed by atoms with van der Waals surface area (Å²) in [7, 11) is 0. The Labute approximate surface area is 96.5 Å². The van der Waals surface area contributed by atoms with Crippen LogP contribution < -0.4 is 0 Å². The Balaban J connectivity index is 0.00000121. The van der Waals surface area contributed by atoms with Crippen LogP contribution in [0, 0.1) is 5.41 Å². The monoisotopic (exact) mass is 288 g/mol. The molecule has 0 amide bonds. The van der Waals surface area contributed by atoms with E-state index in [9.17, 15) is 0 Å². The minimum atomic E-state index is 0. The number of allylic oxidation sites excluding steroid dienone is 4. The molecule has 0 N–H and O–H groups in total. The Morgan fingerprint density at radius 3 is 1.50 bits per heavy atom. The van der Waals surface area contributed by atoms with E-state index in [0.29, 0.717) is 29.8 Å². The van der Waals surface area contributed by atoms with Crippen molar-refractivity contribution in [3.8, 4) is 0 Å². The molecule has 12 heavy (non-hydrogen) atoms. The van der Waals surface area contributed by atoms with Gasteiger partial charge in [-0.05, 0) is 0 Å². The van der Waals surface area contributed by atoms with Gasteiger partial charge in [-0.1, -0.05) is 0 Å². The van der Waals surface area contributed by atoms with Gasteiger partial charge >= 0.3 is 84.5 Å². The predicted molar refractivity (Wildman–Crippen MR) is 60.6 cm³/mol. The fraction of sp³-hybridized carbons (Fsp3) is 0.600. The van der Waals surface area contributed by atoms with E-state index in [4.69, 9.17) is 0 Å². The second-order valence-electron chi connectivity index (χ2n) is 4.12. The summed E-state index contributed by atoms with van der Waals surface area (Å²) in [6, 6.07) is 0. The molecule has 68 valence electrons. The molecule has 1 aliphatic rings. The normalized spacial score (nSPS) is 21.4. The van der Waals surface area contributed by atoms with Crippen LogP contribution in [0.3, 0.4) is 0 Å². The van der Waals surface area contributed by atoms with E-state index in [2.05, 4.69) is 34.6 Å². The van der Waals surface area contributed by atoms with Crippen LogP contribution in [0.2, 0.25) is 0 Å². The van der Waals surface area contributed by atoms with E-state index < -0.39 is 0 Å². The fourth-order valence-electron chi connectivity index (χ4n) is 1.78. The van der Waals surface area contributed by atoms with Gasteiger partial charge in [0.25, 0.3) is 0 Å². The molecular weight excluding hydrogens is 270 g/mol. The molecule has 0 aliphatic heterocycles. The Morgan fingerprint density at radius 1 is 1.00 bits per heavy atom. The summed E-state index contributed by atoms with van der Waals surface area (Å²) in [6.07, 6.45) is 0. The zero-order valence-electron chi connectivity index (χ0n) is 8.91. The molecule has 2 heteroatoms. The van der Waals surface area contributed by atoms with Crippen molar-refractivity contribution in [1.29, 1.82) is 0 Å². The average Bonchev–Trinajstić information content (AvgIpc) is 2.06. The Kier molecular flexibility index (Phi) is 4.00. The molecular formula is C10H18ClIn. The maximum absolute atomic E-state index is 2.36. The summed E-state index contributed by atoms with van der Waals surface area (Å²) >= 11 is 0.679. The number of rotatable bonds is 0. The number of halogens is 1. The van der Waals surface area contributed by atoms with Crippen LogP contribution in [-0.2, 0) is 0 Å². The molecule has 0 aromatic carbocycles. The quantitative estimate of drug-likeness (QED) is 0.643. The number of hydrogen-bond donors (Lipinski definition) is 0. The summed E-state index contributed by atoms with van der Waals surface area (Å²) in [5.74, 6) is 0. The van der Waals surface area contributed by atoms with Crippen molar-refractivity contribution < 1.29 is 0 Å². The van der Waals surface area contributed by atoms with Gasteiger partial charge in [0.05, 0.1) is 0 Å². The van der Waals surface area contributed by atoms with Gasteiger partial charge < -0.3 is 0 Å². The smallest absolute Gasteiger partial charge is 0.147 e. The molecule has 0 spiro atoms. The predicted octanol–water partition coefficient (Wildman–Crippen LogP) is 2.69. The van der Waals surface area contributed by atoms with Crippen LogP contribution in [0.4, 0.5) is 0 Å². The Bertz CT molecular complexity index is 233. The van der Waals surface area contributed by atoms with Gasteiger partial charge in [0.1, 0.15) is 0 Å². The summed E-state index contributed by atoms with van der Waals surface area (Å²) in [4.78, 5) is 0. The Morgan fingerprint density at radius 2 is 1.42 bits per heavy atom. The molecule has 1 rings (SSSR count). The maximum Gasteiger partial charge on any atom is -0.147 e. The van der Waals surface area contributed by atoms with E-state index in [1.165, 1.54) is 0 Å². The van der Waals surface area contributed by atoms with Crippen molar-refractivity contribution in [2.24, 2.45) is 5.41 Å². The minimum Gasteiger partial charge on any atom is -0.147 e. The van der Waals surface area contributed by atoms with E-state index in [1.807, 2.05) is 0 Å². The average molecular weight is 289 g/mol. The van der Waals surface area contributed by atoms with Crippen LogP contribution >= 0.6 is 12.4 Å². The van der Waals surface area contributed by atoms with Gasteiger partial charge in [-0.25, -0.2) is 0 Å². The molecule has 0 aromatic heterocycles. The molecule has 1 aliphatic carbocycles. The molecule has 0 nitrogen and oxygen atoms in total. The van der Waals surface area contributed by atoms with E-state index in [0.717, 1.165) is 0 Å². The van der Waals surface area contributed by atoms with Crippen LogP contribution in [0.1, 0.15) is 34.6 Å². The van der Waals surface area contributed by atoms with E-state index >= 15 is 0 Å². The van der Waals surface area contributed by atoms with Gasteiger partial charge in [-0.3, -0.25) is 0 Å². The summed E-state index contributed by atoms with van der Waals surface area (Å²) in [5.41, 5.74) is 5.13. The second kappa shape index (κ2) is 3.79. The minimum absolute atomic E-state index is 0. The van der Waals surface area contributed by atoms with Crippen LogP contribution in [-0.4, -0.2) is 24.4 Å². The van der Waals surface area contributed by atoms with Gasteiger partial charge in [0.15, 0.2) is 0 Å². The third kappa shape index (κ3) is 1.63. The molecule has 0 aromatic rings. The zero-order valence-corrected chi connectivity index (χ0v) is 15.4. The molecule has 0 heterocycles. The summed E-state index contributed by atoms with van der Waals surface area (Å²) in [5, 5.41) is 0. The van der Waals surface area contributed by atoms with Crippen molar-refractivity contribution in [2.75, 3.05) is 0 Å². The van der Waals surface area contributed by atoms with E-state index in [-0.39, 0.29) is 12.4 Å². The standard InChI is InChI=1S/C10H15.ClH.In.2H/c1-7-6-10(4,5)9(3)8(7)2;;;;/h1-5H3;1H;;;. The van der Waals surface area contributed by atoms with Crippen molar-refractivity contribution in [2.45, 2.75) is 34.6 Å². The third-order valence-electron chi connectivity index (χ3n) is 3.56. The fourth-order valence-corrected chi connectivity index (χ4v) is 3.92. The van der Waals surface area contributed by atoms with Crippen LogP contribution in [0.25, 0.3) is 0 Å². The van der Waals surface area contributed by atoms with Crippen molar-refractivity contribution in [3.63, 3.8) is 0 Å². The molecule has 0 unspecified atom stereocenters. The summed E-state index contributed by atoms with van der Waals surface area (Å²) < 4.78 is 1.74. The van der Waals surface area contributed by atoms with Crippen LogP contribution in [0.5, 0.6) is 0 Å². The zero-order chi connectivity index (χ0) is 8.81. The first-order valence-corrected chi connectivity index (χ1v) is 7.10. The number of hydrogen-bond acceptors (Lipinski definition) is 0. The van der Waals surface area contributed by atoms with Crippen LogP contribution in [0.15, 0.2) is 20.0 Å². The second-order valence-corrected chi connectivity index (χ2v) is 6.98. The summed E-state index contributed by atoms with van der Waals surface area (Å²) in [6.45, 7) is 11.5. The molecule has 0 fully saturated rings. The van der Waals surface area contributed by atoms with Gasteiger partial charge in [-0.2, -0.15) is 0 Å².